The molecule has 0 saturated carbocycles. The molecule has 0 aliphatic carbocycles. The molecule has 0 unspecified atom stereocenters. The zero-order valence-electron chi connectivity index (χ0n) is 19.7. The van der Waals surface area contributed by atoms with E-state index in [1.165, 1.54) is 24.3 Å². The van der Waals surface area contributed by atoms with E-state index >= 15 is 0 Å². The Morgan fingerprint density at radius 3 is 1.80 bits per heavy atom. The monoisotopic (exact) mass is 480 g/mol. The minimum absolute atomic E-state index is 0.00432. The Balaban J connectivity index is 1.79. The third-order valence-corrected chi connectivity index (χ3v) is 5.45. The zero-order chi connectivity index (χ0) is 25.4. The molecule has 180 valence electrons. The Bertz CT molecular complexity index is 1290. The second-order valence-electron chi connectivity index (χ2n) is 8.25. The van der Waals surface area contributed by atoms with Gasteiger partial charge in [-0.3, -0.25) is 0 Å². The highest BCUT2D eigenvalue weighted by Crippen LogP contribution is 2.19. The van der Waals surface area contributed by atoms with Gasteiger partial charge < -0.3 is 0 Å². The molecule has 0 fully saturated rings. The standard InChI is InChI=1S/C30H25F5/c1-3-5-6-8-24-27(32)18-22(19-28(24)33)10-13-23-12-9-20(15-26(23)31)11-14-25-29(34)16-21(7-4-2)17-30(25)35/h9,12,15-19H,3-8H2,1-2H3. The van der Waals surface area contributed by atoms with Gasteiger partial charge >= 0.3 is 0 Å². The summed E-state index contributed by atoms with van der Waals surface area (Å²) in [5, 5.41) is 0. The first-order chi connectivity index (χ1) is 16.8. The quantitative estimate of drug-likeness (QED) is 0.191. The number of halogens is 5. The summed E-state index contributed by atoms with van der Waals surface area (Å²) in [5.41, 5.74) is 0.512. The maximum absolute atomic E-state index is 14.5. The minimum atomic E-state index is -0.764. The third kappa shape index (κ3) is 6.96. The van der Waals surface area contributed by atoms with Crippen molar-refractivity contribution in [2.45, 2.75) is 52.4 Å². The highest BCUT2D eigenvalue weighted by atomic mass is 19.1. The number of unbranched alkanes of at least 4 members (excludes halogenated alkanes) is 2. The van der Waals surface area contributed by atoms with Crippen LogP contribution in [-0.2, 0) is 12.8 Å². The van der Waals surface area contributed by atoms with Crippen molar-refractivity contribution in [3.05, 3.63) is 105 Å². The van der Waals surface area contributed by atoms with Gasteiger partial charge in [-0.1, -0.05) is 56.8 Å². The molecule has 0 atom stereocenters. The predicted molar refractivity (Wildman–Crippen MR) is 128 cm³/mol. The zero-order valence-corrected chi connectivity index (χ0v) is 19.7. The summed E-state index contributed by atoms with van der Waals surface area (Å²) in [4.78, 5) is 0. The lowest BCUT2D eigenvalue weighted by molar-refractivity contribution is 0.545. The molecule has 5 heteroatoms. The van der Waals surface area contributed by atoms with Gasteiger partial charge in [0, 0.05) is 16.7 Å². The van der Waals surface area contributed by atoms with E-state index in [0.717, 1.165) is 37.5 Å². The topological polar surface area (TPSA) is 0 Å². The van der Waals surface area contributed by atoms with Crippen molar-refractivity contribution in [2.24, 2.45) is 0 Å². The van der Waals surface area contributed by atoms with Crippen LogP contribution in [0.4, 0.5) is 22.0 Å². The van der Waals surface area contributed by atoms with Crippen LogP contribution in [0.2, 0.25) is 0 Å². The molecule has 3 aromatic carbocycles. The molecular weight excluding hydrogens is 455 g/mol. The Kier molecular flexibility index (Phi) is 9.10. The average Bonchev–Trinajstić information content (AvgIpc) is 2.80. The molecule has 3 aromatic rings. The molecule has 0 bridgehead atoms. The fourth-order valence-electron chi connectivity index (χ4n) is 3.61. The number of rotatable bonds is 6. The first-order valence-corrected chi connectivity index (χ1v) is 11.6. The van der Waals surface area contributed by atoms with Crippen LogP contribution >= 0.6 is 0 Å². The maximum Gasteiger partial charge on any atom is 0.142 e. The summed E-state index contributed by atoms with van der Waals surface area (Å²) in [5.74, 6) is 6.56. The molecular formula is C30H25F5. The first kappa shape index (κ1) is 26.0. The van der Waals surface area contributed by atoms with Crippen molar-refractivity contribution in [1.82, 2.24) is 0 Å². The maximum atomic E-state index is 14.5. The van der Waals surface area contributed by atoms with E-state index in [1.807, 2.05) is 13.8 Å². The lowest BCUT2D eigenvalue weighted by Crippen LogP contribution is -1.97. The molecule has 0 amide bonds. The van der Waals surface area contributed by atoms with Crippen molar-refractivity contribution in [1.29, 1.82) is 0 Å². The van der Waals surface area contributed by atoms with Crippen LogP contribution < -0.4 is 0 Å². The highest BCUT2D eigenvalue weighted by molar-refractivity contribution is 5.49. The van der Waals surface area contributed by atoms with E-state index in [1.54, 1.807) is 0 Å². The van der Waals surface area contributed by atoms with Crippen molar-refractivity contribution in [3.63, 3.8) is 0 Å². The lowest BCUT2D eigenvalue weighted by Gasteiger charge is -2.05. The number of hydrogen-bond acceptors (Lipinski definition) is 0. The van der Waals surface area contributed by atoms with Crippen molar-refractivity contribution in [2.75, 3.05) is 0 Å². The number of hydrogen-bond donors (Lipinski definition) is 0. The molecule has 0 aromatic heterocycles. The number of aryl methyl sites for hydroxylation is 1. The molecule has 0 aliphatic heterocycles. The van der Waals surface area contributed by atoms with Gasteiger partial charge in [-0.05, 0) is 67.3 Å². The summed E-state index contributed by atoms with van der Waals surface area (Å²) < 4.78 is 71.5. The highest BCUT2D eigenvalue weighted by Gasteiger charge is 2.11. The van der Waals surface area contributed by atoms with Gasteiger partial charge in [-0.15, -0.1) is 0 Å². The van der Waals surface area contributed by atoms with Crippen LogP contribution in [0.3, 0.4) is 0 Å². The van der Waals surface area contributed by atoms with E-state index in [-0.39, 0.29) is 27.8 Å². The number of benzene rings is 3. The molecule has 0 saturated heterocycles. The third-order valence-electron chi connectivity index (χ3n) is 5.45. The molecule has 0 radical (unpaired) electrons. The molecule has 0 nitrogen and oxygen atoms in total. The minimum Gasteiger partial charge on any atom is -0.207 e. The largest absolute Gasteiger partial charge is 0.207 e. The van der Waals surface area contributed by atoms with Gasteiger partial charge in [0.05, 0.1) is 11.1 Å². The predicted octanol–water partition coefficient (Wildman–Crippen LogP) is 7.87. The second-order valence-corrected chi connectivity index (χ2v) is 8.25. The van der Waals surface area contributed by atoms with Crippen LogP contribution in [0.15, 0.2) is 42.5 Å². The Hall–Kier alpha value is -3.57. The normalized spacial score (nSPS) is 10.4. The Labute approximate surface area is 203 Å². The van der Waals surface area contributed by atoms with Crippen LogP contribution in [0.5, 0.6) is 0 Å². The summed E-state index contributed by atoms with van der Waals surface area (Å²) >= 11 is 0. The van der Waals surface area contributed by atoms with E-state index in [0.29, 0.717) is 24.8 Å². The Morgan fingerprint density at radius 2 is 1.20 bits per heavy atom. The molecule has 0 aliphatic rings. The van der Waals surface area contributed by atoms with E-state index in [9.17, 15) is 22.0 Å². The molecule has 3 rings (SSSR count). The first-order valence-electron chi connectivity index (χ1n) is 11.6. The van der Waals surface area contributed by atoms with Gasteiger partial charge in [0.1, 0.15) is 29.1 Å². The SMILES string of the molecule is CCCCCc1c(F)cc(C#Cc2ccc(C#Cc3c(F)cc(CCC)cc3F)cc2F)cc1F. The van der Waals surface area contributed by atoms with E-state index < -0.39 is 29.1 Å². The smallest absolute Gasteiger partial charge is 0.142 e. The molecule has 0 N–H and O–H groups in total. The molecule has 35 heavy (non-hydrogen) atoms. The van der Waals surface area contributed by atoms with E-state index in [2.05, 4.69) is 23.7 Å². The second kappa shape index (κ2) is 12.2. The summed E-state index contributed by atoms with van der Waals surface area (Å²) in [7, 11) is 0. The van der Waals surface area contributed by atoms with Gasteiger partial charge in [-0.2, -0.15) is 0 Å². The summed E-state index contributed by atoms with van der Waals surface area (Å²) in [6, 6.07) is 8.69. The fourth-order valence-corrected chi connectivity index (χ4v) is 3.61. The Morgan fingerprint density at radius 1 is 0.571 bits per heavy atom. The van der Waals surface area contributed by atoms with E-state index in [4.69, 9.17) is 0 Å². The summed E-state index contributed by atoms with van der Waals surface area (Å²) in [6.07, 6.45) is 4.15. The van der Waals surface area contributed by atoms with Crippen molar-refractivity contribution < 1.29 is 22.0 Å². The van der Waals surface area contributed by atoms with Crippen molar-refractivity contribution in [3.8, 4) is 23.7 Å². The lowest BCUT2D eigenvalue weighted by atomic mass is 10.0. The van der Waals surface area contributed by atoms with Gasteiger partial charge in [0.15, 0.2) is 0 Å². The van der Waals surface area contributed by atoms with Crippen LogP contribution in [0.25, 0.3) is 0 Å². The average molecular weight is 481 g/mol. The van der Waals surface area contributed by atoms with Crippen LogP contribution in [0, 0.1) is 52.8 Å². The van der Waals surface area contributed by atoms with Crippen molar-refractivity contribution >= 4 is 0 Å². The fraction of sp³-hybridized carbons (Fsp3) is 0.267. The van der Waals surface area contributed by atoms with Crippen LogP contribution in [0.1, 0.15) is 72.9 Å². The summed E-state index contributed by atoms with van der Waals surface area (Å²) in [6.45, 7) is 3.92. The van der Waals surface area contributed by atoms with Gasteiger partial charge in [-0.25, -0.2) is 22.0 Å². The van der Waals surface area contributed by atoms with Gasteiger partial charge in [0.2, 0.25) is 0 Å². The molecule has 0 heterocycles. The molecule has 0 spiro atoms. The van der Waals surface area contributed by atoms with Gasteiger partial charge in [0.25, 0.3) is 0 Å². The van der Waals surface area contributed by atoms with Crippen LogP contribution in [-0.4, -0.2) is 0 Å².